The molecule has 2 fully saturated rings. The van der Waals surface area contributed by atoms with Gasteiger partial charge in [0.2, 0.25) is 0 Å². The summed E-state index contributed by atoms with van der Waals surface area (Å²) in [5.41, 5.74) is -0.335. The van der Waals surface area contributed by atoms with Gasteiger partial charge in [-0.05, 0) is 24.3 Å². The second-order valence-corrected chi connectivity index (χ2v) is 7.46. The van der Waals surface area contributed by atoms with Crippen molar-refractivity contribution >= 4 is 11.8 Å². The molecule has 144 valence electrons. The fourth-order valence-corrected chi connectivity index (χ4v) is 4.14. The number of hydrogen-bond donors (Lipinski definition) is 1. The van der Waals surface area contributed by atoms with Crippen LogP contribution in [0.4, 0.5) is 0 Å². The van der Waals surface area contributed by atoms with Crippen molar-refractivity contribution in [2.45, 2.75) is 5.54 Å². The molecule has 8 nitrogen and oxygen atoms in total. The van der Waals surface area contributed by atoms with Gasteiger partial charge < -0.3 is 0 Å². The summed E-state index contributed by atoms with van der Waals surface area (Å²) in [5.74, 6) is -0.432. The van der Waals surface area contributed by atoms with Gasteiger partial charge in [-0.1, -0.05) is 36.4 Å². The van der Waals surface area contributed by atoms with Crippen LogP contribution < -0.4 is 4.90 Å². The minimum atomic E-state index is -1.36. The zero-order chi connectivity index (χ0) is 19.7. The minimum absolute atomic E-state index is 0.00417. The average Bonchev–Trinajstić information content (AvgIpc) is 2.73. The Hall–Kier alpha value is -3.26. The molecule has 28 heavy (non-hydrogen) atoms. The number of nitro groups is 1. The van der Waals surface area contributed by atoms with Crippen molar-refractivity contribution in [1.82, 2.24) is 9.80 Å². The lowest BCUT2D eigenvalue weighted by molar-refractivity contribution is -0.950. The smallest absolute Gasteiger partial charge is 0.295 e. The maximum absolute atomic E-state index is 12.8. The Morgan fingerprint density at radius 3 is 1.68 bits per heavy atom. The third-order valence-electron chi connectivity index (χ3n) is 5.38. The Kier molecular flexibility index (Phi) is 4.56. The van der Waals surface area contributed by atoms with E-state index in [0.29, 0.717) is 31.0 Å². The predicted octanol–water partition coefficient (Wildman–Crippen LogP) is 0.114. The number of benzene rings is 2. The molecule has 0 radical (unpaired) electrons. The van der Waals surface area contributed by atoms with Crippen molar-refractivity contribution in [2.24, 2.45) is 0 Å². The highest BCUT2D eigenvalue weighted by Crippen LogP contribution is 2.21. The zero-order valence-electron chi connectivity index (χ0n) is 15.3. The molecule has 8 heteroatoms. The number of amides is 2. The van der Waals surface area contributed by atoms with Crippen LogP contribution in [0.5, 0.6) is 0 Å². The fraction of sp³-hybridized carbons (Fsp3) is 0.300. The molecule has 2 aliphatic heterocycles. The number of quaternary nitrogens is 1. The van der Waals surface area contributed by atoms with E-state index in [-0.39, 0.29) is 29.8 Å². The molecule has 0 unspecified atom stereocenters. The highest BCUT2D eigenvalue weighted by atomic mass is 16.6. The Labute approximate surface area is 162 Å². The third-order valence-corrected chi connectivity index (χ3v) is 5.38. The predicted molar refractivity (Wildman–Crippen MR) is 100 cm³/mol. The summed E-state index contributed by atoms with van der Waals surface area (Å²) in [6.07, 6.45) is 0. The van der Waals surface area contributed by atoms with E-state index >= 15 is 0 Å². The molecule has 4 rings (SSSR count). The first kappa shape index (κ1) is 18.1. The second-order valence-electron chi connectivity index (χ2n) is 7.46. The standard InChI is InChI=1S/C20H20N4O4/c25-18(16-7-3-1-4-8-16)22-12-20(24(27)28)11-21(14-22)15-23(13-20)19(26)17-9-5-2-6-10-17/h1-10H,11-15H2/p+1. The lowest BCUT2D eigenvalue weighted by Gasteiger charge is -2.46. The fourth-order valence-electron chi connectivity index (χ4n) is 4.14. The van der Waals surface area contributed by atoms with Crippen LogP contribution in [0.3, 0.4) is 0 Å². The van der Waals surface area contributed by atoms with E-state index < -0.39 is 5.54 Å². The van der Waals surface area contributed by atoms with Gasteiger partial charge in [-0.25, -0.2) is 0 Å². The Morgan fingerprint density at radius 2 is 1.29 bits per heavy atom. The highest BCUT2D eigenvalue weighted by Gasteiger charge is 2.58. The topological polar surface area (TPSA) is 88.2 Å². The van der Waals surface area contributed by atoms with Crippen molar-refractivity contribution in [3.8, 4) is 0 Å². The molecule has 0 atom stereocenters. The van der Waals surface area contributed by atoms with Gasteiger partial charge in [0, 0.05) is 16.1 Å². The summed E-state index contributed by atoms with van der Waals surface area (Å²) in [6.45, 7) is 0.965. The number of nitrogens with zero attached hydrogens (tertiary/aromatic N) is 3. The van der Waals surface area contributed by atoms with E-state index in [0.717, 1.165) is 4.90 Å². The van der Waals surface area contributed by atoms with Crippen molar-refractivity contribution < 1.29 is 19.4 Å². The molecule has 2 aliphatic rings. The molecule has 0 aromatic heterocycles. The summed E-state index contributed by atoms with van der Waals surface area (Å²) >= 11 is 0. The van der Waals surface area contributed by atoms with Gasteiger partial charge >= 0.3 is 5.54 Å². The molecule has 2 heterocycles. The molecular formula is C20H21N4O4+. The molecule has 2 aromatic rings. The lowest BCUT2D eigenvalue weighted by atomic mass is 9.93. The number of hydrogen-bond acceptors (Lipinski definition) is 4. The molecule has 2 saturated heterocycles. The van der Waals surface area contributed by atoms with Gasteiger partial charge in [-0.15, -0.1) is 0 Å². The van der Waals surface area contributed by atoms with Gasteiger partial charge in [0.05, 0.1) is 0 Å². The average molecular weight is 381 g/mol. The van der Waals surface area contributed by atoms with Crippen LogP contribution in [-0.2, 0) is 0 Å². The van der Waals surface area contributed by atoms with Crippen LogP contribution in [0.25, 0.3) is 0 Å². The first-order valence-electron chi connectivity index (χ1n) is 9.15. The summed E-state index contributed by atoms with van der Waals surface area (Å²) in [7, 11) is 0. The first-order valence-corrected chi connectivity index (χ1v) is 9.15. The Morgan fingerprint density at radius 1 is 0.857 bits per heavy atom. The van der Waals surface area contributed by atoms with E-state index in [1.54, 1.807) is 58.3 Å². The van der Waals surface area contributed by atoms with Crippen molar-refractivity contribution in [3.63, 3.8) is 0 Å². The minimum Gasteiger partial charge on any atom is -0.295 e. The van der Waals surface area contributed by atoms with Crippen LogP contribution in [0, 0.1) is 10.1 Å². The molecular weight excluding hydrogens is 360 g/mol. The molecule has 0 spiro atoms. The summed E-state index contributed by atoms with van der Waals surface area (Å²) in [5, 5.41) is 12.0. The van der Waals surface area contributed by atoms with Crippen LogP contribution in [0.1, 0.15) is 20.7 Å². The summed E-state index contributed by atoms with van der Waals surface area (Å²) in [4.78, 5) is 41.3. The van der Waals surface area contributed by atoms with Crippen LogP contribution in [0.2, 0.25) is 0 Å². The Bertz CT molecular complexity index is 839. The van der Waals surface area contributed by atoms with Crippen molar-refractivity contribution in [1.29, 1.82) is 0 Å². The van der Waals surface area contributed by atoms with E-state index in [9.17, 15) is 19.7 Å². The number of carbonyl (C=O) groups excluding carboxylic acids is 2. The number of nitrogens with one attached hydrogen (secondary N) is 1. The quantitative estimate of drug-likeness (QED) is 0.604. The number of carbonyl (C=O) groups is 2. The van der Waals surface area contributed by atoms with Gasteiger partial charge in [0.15, 0.2) is 19.9 Å². The third kappa shape index (κ3) is 3.22. The maximum Gasteiger partial charge on any atom is 0.304 e. The van der Waals surface area contributed by atoms with Gasteiger partial charge in [0.1, 0.15) is 13.1 Å². The van der Waals surface area contributed by atoms with E-state index in [1.165, 1.54) is 0 Å². The highest BCUT2D eigenvalue weighted by molar-refractivity contribution is 5.95. The molecule has 1 N–H and O–H groups in total. The maximum atomic E-state index is 12.8. The molecule has 0 saturated carbocycles. The van der Waals surface area contributed by atoms with Crippen LogP contribution >= 0.6 is 0 Å². The van der Waals surface area contributed by atoms with E-state index in [2.05, 4.69) is 0 Å². The molecule has 0 aliphatic carbocycles. The van der Waals surface area contributed by atoms with Gasteiger partial charge in [-0.3, -0.25) is 34.4 Å². The van der Waals surface area contributed by atoms with Crippen molar-refractivity contribution in [3.05, 3.63) is 81.9 Å². The summed E-state index contributed by atoms with van der Waals surface area (Å²) in [6, 6.07) is 17.6. The number of rotatable bonds is 3. The van der Waals surface area contributed by atoms with Gasteiger partial charge in [0.25, 0.3) is 11.8 Å². The Balaban J connectivity index is 1.59. The van der Waals surface area contributed by atoms with Crippen molar-refractivity contribution in [2.75, 3.05) is 33.0 Å². The molecule has 2 bridgehead atoms. The zero-order valence-corrected chi connectivity index (χ0v) is 15.3. The second kappa shape index (κ2) is 7.05. The van der Waals surface area contributed by atoms with Crippen LogP contribution in [-0.4, -0.2) is 65.0 Å². The van der Waals surface area contributed by atoms with E-state index in [1.807, 2.05) is 12.1 Å². The molecule has 2 amide bonds. The first-order chi connectivity index (χ1) is 13.5. The normalized spacial score (nSPS) is 23.9. The van der Waals surface area contributed by atoms with Crippen LogP contribution in [0.15, 0.2) is 60.7 Å². The largest absolute Gasteiger partial charge is 0.304 e. The lowest BCUT2D eigenvalue weighted by Crippen LogP contribution is -3.21. The number of fused-ring (bicyclic) bond motifs is 2. The monoisotopic (exact) mass is 381 g/mol. The summed E-state index contributed by atoms with van der Waals surface area (Å²) < 4.78 is 0. The molecule has 2 aromatic carbocycles. The van der Waals surface area contributed by atoms with Gasteiger partial charge in [-0.2, -0.15) is 0 Å². The van der Waals surface area contributed by atoms with E-state index in [4.69, 9.17) is 0 Å². The SMILES string of the molecule is O=C(c1ccccc1)N1C[NH+]2CN(C(=O)c3ccccc3)CC([N+](=O)[O-])(C1)C2.